The Balaban J connectivity index is 1.38. The molecule has 3 aromatic rings. The predicted octanol–water partition coefficient (Wildman–Crippen LogP) is 2.51. The molecule has 0 saturated carbocycles. The maximum absolute atomic E-state index is 12.6. The molecule has 0 aliphatic carbocycles. The molecular weight excluding hydrogens is 388 g/mol. The van der Waals surface area contributed by atoms with Gasteiger partial charge in [0.15, 0.2) is 0 Å². The topological polar surface area (TPSA) is 92.7 Å². The van der Waals surface area contributed by atoms with E-state index in [4.69, 9.17) is 8.83 Å². The quantitative estimate of drug-likeness (QED) is 0.640. The summed E-state index contributed by atoms with van der Waals surface area (Å²) in [6.07, 6.45) is 0. The van der Waals surface area contributed by atoms with E-state index in [9.17, 15) is 8.42 Å². The predicted molar refractivity (Wildman–Crippen MR) is 99.8 cm³/mol. The van der Waals surface area contributed by atoms with E-state index in [1.165, 1.54) is 15.6 Å². The molecule has 1 saturated heterocycles. The third-order valence-electron chi connectivity index (χ3n) is 4.52. The lowest BCUT2D eigenvalue weighted by Crippen LogP contribution is -2.48. The molecule has 1 aliphatic heterocycles. The van der Waals surface area contributed by atoms with Gasteiger partial charge >= 0.3 is 0 Å². The molecule has 1 aliphatic rings. The monoisotopic (exact) mass is 408 g/mol. The van der Waals surface area contributed by atoms with Crippen LogP contribution >= 0.6 is 11.3 Å². The first-order valence-electron chi connectivity index (χ1n) is 8.59. The van der Waals surface area contributed by atoms with Crippen LogP contribution in [0.2, 0.25) is 0 Å². The van der Waals surface area contributed by atoms with Gasteiger partial charge in [0, 0.05) is 26.2 Å². The Morgan fingerprint density at radius 1 is 1.15 bits per heavy atom. The minimum absolute atomic E-state index is 0.392. The summed E-state index contributed by atoms with van der Waals surface area (Å²) in [5, 5.41) is 10.00. The van der Waals surface area contributed by atoms with E-state index in [1.54, 1.807) is 17.5 Å². The van der Waals surface area contributed by atoms with E-state index in [-0.39, 0.29) is 0 Å². The lowest BCUT2D eigenvalue weighted by molar-refractivity contribution is 0.169. The highest BCUT2D eigenvalue weighted by Crippen LogP contribution is 2.26. The van der Waals surface area contributed by atoms with Crippen molar-refractivity contribution in [2.24, 2.45) is 0 Å². The van der Waals surface area contributed by atoms with Crippen LogP contribution in [0.1, 0.15) is 17.4 Å². The molecule has 0 radical (unpaired) electrons. The summed E-state index contributed by atoms with van der Waals surface area (Å²) in [6, 6.07) is 5.27. The molecule has 27 heavy (non-hydrogen) atoms. The SMILES string of the molecule is Cc1cc(-c2nnc(CN3CCN(S(=O)(=O)c4cccs4)CC3)o2)c(C)o1. The molecule has 0 N–H and O–H groups in total. The largest absolute Gasteiger partial charge is 0.466 e. The zero-order valence-corrected chi connectivity index (χ0v) is 16.7. The minimum Gasteiger partial charge on any atom is -0.466 e. The van der Waals surface area contributed by atoms with Gasteiger partial charge in [-0.1, -0.05) is 6.07 Å². The van der Waals surface area contributed by atoms with Crippen molar-refractivity contribution in [1.29, 1.82) is 0 Å². The molecular formula is C17H20N4O4S2. The molecule has 10 heteroatoms. The fraction of sp³-hybridized carbons (Fsp3) is 0.412. The van der Waals surface area contributed by atoms with Crippen molar-refractivity contribution in [1.82, 2.24) is 19.4 Å². The van der Waals surface area contributed by atoms with Gasteiger partial charge < -0.3 is 8.83 Å². The van der Waals surface area contributed by atoms with Gasteiger partial charge in [-0.15, -0.1) is 21.5 Å². The number of aromatic nitrogens is 2. The van der Waals surface area contributed by atoms with Gasteiger partial charge in [0.2, 0.25) is 5.89 Å². The van der Waals surface area contributed by atoms with E-state index in [1.807, 2.05) is 19.9 Å². The van der Waals surface area contributed by atoms with Crippen molar-refractivity contribution >= 4 is 21.4 Å². The molecule has 0 amide bonds. The van der Waals surface area contributed by atoms with Crippen molar-refractivity contribution in [2.45, 2.75) is 24.6 Å². The molecule has 0 spiro atoms. The standard InChI is InChI=1S/C17H20N4O4S2/c1-12-10-14(13(2)24-12)17-19-18-15(25-17)11-20-5-7-21(8-6-20)27(22,23)16-4-3-9-26-16/h3-4,9-10H,5-8,11H2,1-2H3. The molecule has 0 aromatic carbocycles. The van der Waals surface area contributed by atoms with Crippen LogP contribution in [0.5, 0.6) is 0 Å². The average Bonchev–Trinajstić information content (AvgIpc) is 3.37. The number of nitrogens with zero attached hydrogens (tertiary/aromatic N) is 4. The number of furan rings is 1. The summed E-state index contributed by atoms with van der Waals surface area (Å²) in [6.45, 7) is 6.35. The maximum atomic E-state index is 12.6. The molecule has 0 atom stereocenters. The normalized spacial score (nSPS) is 16.8. The highest BCUT2D eigenvalue weighted by molar-refractivity contribution is 7.91. The van der Waals surface area contributed by atoms with Gasteiger partial charge in [0.05, 0.1) is 12.1 Å². The second-order valence-corrected chi connectivity index (χ2v) is 9.55. The summed E-state index contributed by atoms with van der Waals surface area (Å²) >= 11 is 1.25. The van der Waals surface area contributed by atoms with E-state index in [0.717, 1.165) is 17.1 Å². The van der Waals surface area contributed by atoms with Gasteiger partial charge in [0.1, 0.15) is 15.7 Å². The summed E-state index contributed by atoms with van der Waals surface area (Å²) in [4.78, 5) is 2.12. The van der Waals surface area contributed by atoms with E-state index in [0.29, 0.717) is 48.7 Å². The maximum Gasteiger partial charge on any atom is 0.252 e. The smallest absolute Gasteiger partial charge is 0.252 e. The van der Waals surface area contributed by atoms with Crippen LogP contribution in [0.3, 0.4) is 0 Å². The molecule has 3 aromatic heterocycles. The lowest BCUT2D eigenvalue weighted by Gasteiger charge is -2.32. The number of thiophene rings is 1. The van der Waals surface area contributed by atoms with Crippen LogP contribution in [0, 0.1) is 13.8 Å². The number of aryl methyl sites for hydroxylation is 2. The Kier molecular flexibility index (Phi) is 4.89. The molecule has 4 heterocycles. The summed E-state index contributed by atoms with van der Waals surface area (Å²) in [5.74, 6) is 2.50. The Labute approximate surface area is 161 Å². The van der Waals surface area contributed by atoms with E-state index >= 15 is 0 Å². The Morgan fingerprint density at radius 3 is 2.56 bits per heavy atom. The van der Waals surface area contributed by atoms with Gasteiger partial charge in [-0.05, 0) is 31.4 Å². The second-order valence-electron chi connectivity index (χ2n) is 6.44. The van der Waals surface area contributed by atoms with Crippen molar-refractivity contribution in [3.63, 3.8) is 0 Å². The van der Waals surface area contributed by atoms with Crippen molar-refractivity contribution in [3.8, 4) is 11.5 Å². The number of rotatable bonds is 5. The average molecular weight is 409 g/mol. The van der Waals surface area contributed by atoms with Crippen LogP contribution in [-0.4, -0.2) is 54.0 Å². The van der Waals surface area contributed by atoms with E-state index in [2.05, 4.69) is 15.1 Å². The number of sulfonamides is 1. The molecule has 1 fully saturated rings. The van der Waals surface area contributed by atoms with Crippen LogP contribution in [0.4, 0.5) is 0 Å². The first kappa shape index (κ1) is 18.4. The van der Waals surface area contributed by atoms with Crippen molar-refractivity contribution < 1.29 is 17.3 Å². The molecule has 144 valence electrons. The number of piperazine rings is 1. The van der Waals surface area contributed by atoms with Crippen LogP contribution < -0.4 is 0 Å². The van der Waals surface area contributed by atoms with Gasteiger partial charge in [-0.25, -0.2) is 8.42 Å². The first-order valence-corrected chi connectivity index (χ1v) is 10.9. The lowest BCUT2D eigenvalue weighted by atomic mass is 10.2. The van der Waals surface area contributed by atoms with Crippen molar-refractivity contribution in [3.05, 3.63) is 41.0 Å². The third kappa shape index (κ3) is 3.70. The number of hydrogen-bond acceptors (Lipinski definition) is 8. The zero-order valence-electron chi connectivity index (χ0n) is 15.1. The Hall–Kier alpha value is -2.01. The number of hydrogen-bond donors (Lipinski definition) is 0. The summed E-state index contributed by atoms with van der Waals surface area (Å²) < 4.78 is 38.3. The van der Waals surface area contributed by atoms with Crippen LogP contribution in [0.25, 0.3) is 11.5 Å². The zero-order chi connectivity index (χ0) is 19.0. The highest BCUT2D eigenvalue weighted by atomic mass is 32.2. The molecule has 4 rings (SSSR count). The molecule has 0 unspecified atom stereocenters. The fourth-order valence-electron chi connectivity index (χ4n) is 3.13. The fourth-order valence-corrected chi connectivity index (χ4v) is 5.69. The minimum atomic E-state index is -3.39. The Bertz CT molecular complexity index is 1020. The third-order valence-corrected chi connectivity index (χ3v) is 7.79. The summed E-state index contributed by atoms with van der Waals surface area (Å²) in [5.41, 5.74) is 0.804. The Morgan fingerprint density at radius 2 is 1.93 bits per heavy atom. The second kappa shape index (κ2) is 7.19. The van der Waals surface area contributed by atoms with E-state index < -0.39 is 10.0 Å². The first-order chi connectivity index (χ1) is 12.9. The van der Waals surface area contributed by atoms with Gasteiger partial charge in [-0.3, -0.25) is 4.90 Å². The summed E-state index contributed by atoms with van der Waals surface area (Å²) in [7, 11) is -3.39. The van der Waals surface area contributed by atoms with Crippen LogP contribution in [0.15, 0.2) is 36.6 Å². The van der Waals surface area contributed by atoms with Crippen molar-refractivity contribution in [2.75, 3.05) is 26.2 Å². The van der Waals surface area contributed by atoms with Crippen LogP contribution in [-0.2, 0) is 16.6 Å². The molecule has 0 bridgehead atoms. The van der Waals surface area contributed by atoms with Gasteiger partial charge in [0.25, 0.3) is 15.9 Å². The highest BCUT2D eigenvalue weighted by Gasteiger charge is 2.29. The van der Waals surface area contributed by atoms with Gasteiger partial charge in [-0.2, -0.15) is 4.31 Å². The molecule has 8 nitrogen and oxygen atoms in total.